The molecular weight excluding hydrogens is 180 g/mol. The van der Waals surface area contributed by atoms with Crippen molar-refractivity contribution in [3.8, 4) is 0 Å². The first-order valence-electron chi connectivity index (χ1n) is 4.30. The van der Waals surface area contributed by atoms with Gasteiger partial charge in [0.15, 0.2) is 11.9 Å². The summed E-state index contributed by atoms with van der Waals surface area (Å²) in [4.78, 5) is 0. The second kappa shape index (κ2) is 4.04. The van der Waals surface area contributed by atoms with E-state index in [0.717, 1.165) is 16.0 Å². The molecule has 0 amide bonds. The monoisotopic (exact) mass is 194 g/mol. The van der Waals surface area contributed by atoms with Gasteiger partial charge in [0.1, 0.15) is 5.69 Å². The molecule has 1 aromatic rings. The van der Waals surface area contributed by atoms with E-state index in [1.54, 1.807) is 32.1 Å². The van der Waals surface area contributed by atoms with Crippen LogP contribution in [0, 0.1) is 19.1 Å². The predicted molar refractivity (Wildman–Crippen MR) is 53.1 cm³/mol. The molecule has 0 fully saturated rings. The largest absolute Gasteiger partial charge is 0.619 e. The van der Waals surface area contributed by atoms with Crippen LogP contribution in [0.2, 0.25) is 0 Å². The van der Waals surface area contributed by atoms with Crippen LogP contribution in [0.15, 0.2) is 22.6 Å². The van der Waals surface area contributed by atoms with E-state index in [1.807, 2.05) is 6.92 Å². The Balaban J connectivity index is 3.06. The Morgan fingerprint density at radius 2 is 2.00 bits per heavy atom. The van der Waals surface area contributed by atoms with Crippen molar-refractivity contribution in [3.63, 3.8) is 0 Å². The van der Waals surface area contributed by atoms with Crippen LogP contribution >= 0.6 is 0 Å². The van der Waals surface area contributed by atoms with Crippen LogP contribution in [0.3, 0.4) is 0 Å². The zero-order valence-electron chi connectivity index (χ0n) is 8.85. The summed E-state index contributed by atoms with van der Waals surface area (Å²) in [5, 5.41) is 20.6. The topological polar surface area (TPSA) is 54.9 Å². The highest BCUT2D eigenvalue weighted by molar-refractivity contribution is 5.43. The lowest BCUT2D eigenvalue weighted by Crippen LogP contribution is -2.29. The lowest BCUT2D eigenvalue weighted by Gasteiger charge is -2.05. The van der Waals surface area contributed by atoms with Crippen LogP contribution in [0.1, 0.15) is 11.3 Å². The Morgan fingerprint density at radius 3 is 2.57 bits per heavy atom. The number of pyridine rings is 1. The van der Waals surface area contributed by atoms with Crippen LogP contribution in [0.25, 0.3) is 0 Å². The minimum Gasteiger partial charge on any atom is -0.619 e. The van der Waals surface area contributed by atoms with Gasteiger partial charge in [0, 0.05) is 32.6 Å². The Hall–Kier alpha value is -1.65. The standard InChI is InChI=1S/C9H14N4O/c1-7-8(2)13(14)6-5-9(7)10-11-12(3)4/h5-6H,1-4H3. The molecule has 0 bridgehead atoms. The van der Waals surface area contributed by atoms with E-state index < -0.39 is 0 Å². The van der Waals surface area contributed by atoms with Gasteiger partial charge in [-0.25, -0.2) is 0 Å². The first-order valence-corrected chi connectivity index (χ1v) is 4.30. The van der Waals surface area contributed by atoms with E-state index in [1.165, 1.54) is 6.20 Å². The maximum Gasteiger partial charge on any atom is 0.194 e. The quantitative estimate of drug-likeness (QED) is 0.310. The van der Waals surface area contributed by atoms with Gasteiger partial charge in [-0.3, -0.25) is 5.01 Å². The Kier molecular flexibility index (Phi) is 3.01. The van der Waals surface area contributed by atoms with E-state index in [9.17, 15) is 5.21 Å². The fraction of sp³-hybridized carbons (Fsp3) is 0.444. The first kappa shape index (κ1) is 10.4. The summed E-state index contributed by atoms with van der Waals surface area (Å²) in [6.07, 6.45) is 1.44. The lowest BCUT2D eigenvalue weighted by atomic mass is 10.2. The number of hydrogen-bond donors (Lipinski definition) is 0. The van der Waals surface area contributed by atoms with Crippen molar-refractivity contribution >= 4 is 5.69 Å². The second-order valence-electron chi connectivity index (χ2n) is 3.27. The van der Waals surface area contributed by atoms with Crippen molar-refractivity contribution in [1.82, 2.24) is 5.01 Å². The Bertz CT molecular complexity index is 360. The third-order valence-corrected chi connectivity index (χ3v) is 1.96. The second-order valence-corrected chi connectivity index (χ2v) is 3.27. The van der Waals surface area contributed by atoms with Crippen LogP contribution in [0.4, 0.5) is 5.69 Å². The van der Waals surface area contributed by atoms with E-state index in [4.69, 9.17) is 0 Å². The van der Waals surface area contributed by atoms with Crippen LogP contribution in [-0.2, 0) is 0 Å². The third kappa shape index (κ3) is 2.18. The van der Waals surface area contributed by atoms with Gasteiger partial charge in [0.25, 0.3) is 0 Å². The summed E-state index contributed by atoms with van der Waals surface area (Å²) in [5.41, 5.74) is 2.23. The maximum atomic E-state index is 11.2. The molecule has 0 radical (unpaired) electrons. The fourth-order valence-corrected chi connectivity index (χ4v) is 0.972. The van der Waals surface area contributed by atoms with E-state index in [0.29, 0.717) is 5.69 Å². The molecule has 0 aromatic carbocycles. The molecule has 1 rings (SSSR count). The van der Waals surface area contributed by atoms with Crippen molar-refractivity contribution in [2.45, 2.75) is 13.8 Å². The highest BCUT2D eigenvalue weighted by atomic mass is 16.5. The fourth-order valence-electron chi connectivity index (χ4n) is 0.972. The zero-order chi connectivity index (χ0) is 10.7. The summed E-state index contributed by atoms with van der Waals surface area (Å²) in [6, 6.07) is 1.66. The molecule has 0 aliphatic heterocycles. The first-order chi connectivity index (χ1) is 6.52. The summed E-state index contributed by atoms with van der Waals surface area (Å²) < 4.78 is 0.823. The van der Waals surface area contributed by atoms with Crippen molar-refractivity contribution in [2.75, 3.05) is 14.1 Å². The zero-order valence-corrected chi connectivity index (χ0v) is 8.85. The molecule has 0 saturated heterocycles. The number of rotatable bonds is 2. The van der Waals surface area contributed by atoms with Crippen LogP contribution in [-0.4, -0.2) is 19.1 Å². The molecule has 5 heteroatoms. The van der Waals surface area contributed by atoms with Gasteiger partial charge in [-0.15, -0.1) is 5.11 Å². The summed E-state index contributed by atoms with van der Waals surface area (Å²) >= 11 is 0. The van der Waals surface area contributed by atoms with Gasteiger partial charge in [-0.1, -0.05) is 5.22 Å². The molecule has 0 aliphatic rings. The number of aromatic nitrogens is 1. The van der Waals surface area contributed by atoms with Gasteiger partial charge in [-0.2, -0.15) is 4.73 Å². The van der Waals surface area contributed by atoms with Gasteiger partial charge < -0.3 is 5.21 Å². The predicted octanol–water partition coefficient (Wildman–Crippen LogP) is 1.50. The van der Waals surface area contributed by atoms with E-state index in [2.05, 4.69) is 10.3 Å². The Morgan fingerprint density at radius 1 is 1.36 bits per heavy atom. The summed E-state index contributed by atoms with van der Waals surface area (Å²) in [6.45, 7) is 3.62. The molecule has 0 spiro atoms. The SMILES string of the molecule is Cc1c(N=NN(C)C)cc[n+]([O-])c1C. The molecule has 0 unspecified atom stereocenters. The average Bonchev–Trinajstić information content (AvgIpc) is 2.13. The van der Waals surface area contributed by atoms with Gasteiger partial charge in [0.05, 0.1) is 0 Å². The van der Waals surface area contributed by atoms with E-state index >= 15 is 0 Å². The highest BCUT2D eigenvalue weighted by Gasteiger charge is 2.07. The van der Waals surface area contributed by atoms with Crippen molar-refractivity contribution in [1.29, 1.82) is 0 Å². The molecule has 1 aromatic heterocycles. The van der Waals surface area contributed by atoms with Crippen molar-refractivity contribution < 1.29 is 4.73 Å². The number of hydrogen-bond acceptors (Lipinski definition) is 3. The molecule has 0 aliphatic carbocycles. The summed E-state index contributed by atoms with van der Waals surface area (Å²) in [7, 11) is 3.59. The normalized spacial score (nSPS) is 10.9. The van der Waals surface area contributed by atoms with Gasteiger partial charge >= 0.3 is 0 Å². The van der Waals surface area contributed by atoms with Crippen molar-refractivity contribution in [3.05, 3.63) is 28.7 Å². The molecule has 5 nitrogen and oxygen atoms in total. The van der Waals surface area contributed by atoms with Crippen LogP contribution in [0.5, 0.6) is 0 Å². The molecule has 76 valence electrons. The Labute approximate surface area is 83.2 Å². The minimum atomic E-state index is 0.653. The molecular formula is C9H14N4O. The van der Waals surface area contributed by atoms with Gasteiger partial charge in [-0.05, 0) is 6.92 Å². The average molecular weight is 194 g/mol. The maximum absolute atomic E-state index is 11.2. The van der Waals surface area contributed by atoms with Crippen LogP contribution < -0.4 is 4.73 Å². The van der Waals surface area contributed by atoms with Crippen molar-refractivity contribution in [2.24, 2.45) is 10.3 Å². The lowest BCUT2D eigenvalue weighted by molar-refractivity contribution is -0.612. The highest BCUT2D eigenvalue weighted by Crippen LogP contribution is 2.18. The minimum absolute atomic E-state index is 0.653. The van der Waals surface area contributed by atoms with E-state index in [-0.39, 0.29) is 0 Å². The molecule has 14 heavy (non-hydrogen) atoms. The summed E-state index contributed by atoms with van der Waals surface area (Å²) in [5.74, 6) is 0. The molecule has 0 saturated carbocycles. The molecule has 0 N–H and O–H groups in total. The van der Waals surface area contributed by atoms with Gasteiger partial charge in [0.2, 0.25) is 0 Å². The molecule has 1 heterocycles. The smallest absolute Gasteiger partial charge is 0.194 e. The molecule has 0 atom stereocenters. The number of nitrogens with zero attached hydrogens (tertiary/aromatic N) is 4. The third-order valence-electron chi connectivity index (χ3n) is 1.96.